The Labute approximate surface area is 168 Å². The number of halogens is 6. The predicted molar refractivity (Wildman–Crippen MR) is 86.7 cm³/mol. The quantitative estimate of drug-likeness (QED) is 0.160. The van der Waals surface area contributed by atoms with E-state index in [0.29, 0.717) is 10.8 Å². The van der Waals surface area contributed by atoms with E-state index in [4.69, 9.17) is 4.74 Å². The number of carbonyl (C=O) groups is 1. The summed E-state index contributed by atoms with van der Waals surface area (Å²) in [5.74, 6) is -2.62. The summed E-state index contributed by atoms with van der Waals surface area (Å²) in [7, 11) is 0. The zero-order valence-corrected chi connectivity index (χ0v) is 15.3. The Morgan fingerprint density at radius 1 is 1.03 bits per heavy atom. The van der Waals surface area contributed by atoms with Crippen LogP contribution in [0.5, 0.6) is 11.5 Å². The number of benzene rings is 2. The van der Waals surface area contributed by atoms with Gasteiger partial charge in [0.25, 0.3) is 0 Å². The van der Waals surface area contributed by atoms with Crippen LogP contribution in [-0.4, -0.2) is 41.4 Å². The highest BCUT2D eigenvalue weighted by Gasteiger charge is 2.79. The van der Waals surface area contributed by atoms with Gasteiger partial charge in [-0.15, -0.1) is 0 Å². The summed E-state index contributed by atoms with van der Waals surface area (Å²) in [5, 5.41) is 23.0. The molecule has 0 heterocycles. The van der Waals surface area contributed by atoms with Gasteiger partial charge in [0, 0.05) is 5.39 Å². The number of hydrogen-bond acceptors (Lipinski definition) is 8. The van der Waals surface area contributed by atoms with Crippen molar-refractivity contribution in [3.63, 3.8) is 0 Å². The van der Waals surface area contributed by atoms with Gasteiger partial charge in [0.15, 0.2) is 0 Å². The number of aromatic hydroxyl groups is 1. The molecule has 0 amide bonds. The number of fused-ring (bicyclic) bond motifs is 1. The van der Waals surface area contributed by atoms with E-state index in [2.05, 4.69) is 14.1 Å². The molecule has 0 aliphatic heterocycles. The molecule has 0 atom stereocenters. The molecule has 2 aromatic carbocycles. The zero-order valence-electron chi connectivity index (χ0n) is 14.5. The number of hydrogen-bond donors (Lipinski definition) is 1. The van der Waals surface area contributed by atoms with Crippen molar-refractivity contribution >= 4 is 28.8 Å². The third-order valence-corrected chi connectivity index (χ3v) is 4.69. The van der Waals surface area contributed by atoms with Gasteiger partial charge >= 0.3 is 23.1 Å². The Morgan fingerprint density at radius 2 is 1.70 bits per heavy atom. The van der Waals surface area contributed by atoms with Crippen molar-refractivity contribution in [2.75, 3.05) is 13.2 Å². The van der Waals surface area contributed by atoms with E-state index in [1.807, 2.05) is 0 Å². The van der Waals surface area contributed by atoms with Crippen LogP contribution >= 0.6 is 12.0 Å². The van der Waals surface area contributed by atoms with Gasteiger partial charge in [-0.1, -0.05) is 12.1 Å². The maximum absolute atomic E-state index is 13.1. The molecule has 0 bridgehead atoms. The first-order chi connectivity index (χ1) is 13.9. The summed E-state index contributed by atoms with van der Waals surface area (Å²) >= 11 is -1.58. The first-order valence-corrected chi connectivity index (χ1v) is 8.47. The van der Waals surface area contributed by atoms with Crippen LogP contribution < -0.4 is 9.99 Å². The molecule has 2 rings (SSSR count). The lowest BCUT2D eigenvalue weighted by molar-refractivity contribution is -0.777. The van der Waals surface area contributed by atoms with E-state index in [0.717, 1.165) is 0 Å². The number of esters is 1. The van der Waals surface area contributed by atoms with E-state index in [1.165, 1.54) is 24.3 Å². The van der Waals surface area contributed by atoms with Crippen molar-refractivity contribution in [3.8, 4) is 11.5 Å². The van der Waals surface area contributed by atoms with Crippen molar-refractivity contribution in [2.24, 2.45) is 0 Å². The predicted octanol–water partition coefficient (Wildman–Crippen LogP) is 3.20. The molecule has 1 N–H and O–H groups in total. The monoisotopic (exact) mass is 461 g/mol. The molecular formula is C16H11F6O7S-. The maximum Gasteiger partial charge on any atom is 0.425 e. The number of phenols is 1. The minimum absolute atomic E-state index is 0.00889. The lowest BCUT2D eigenvalue weighted by atomic mass is 10.1. The second kappa shape index (κ2) is 9.16. The fourth-order valence-corrected chi connectivity index (χ4v) is 2.76. The summed E-state index contributed by atoms with van der Waals surface area (Å²) < 4.78 is 85.6. The van der Waals surface area contributed by atoms with Crippen LogP contribution in [0.2, 0.25) is 0 Å². The van der Waals surface area contributed by atoms with Gasteiger partial charge in [-0.3, -0.25) is 5.04 Å². The van der Waals surface area contributed by atoms with Gasteiger partial charge in [0.2, 0.25) is 0 Å². The van der Waals surface area contributed by atoms with Crippen molar-refractivity contribution in [1.29, 1.82) is 0 Å². The molecule has 0 aromatic heterocycles. The highest BCUT2D eigenvalue weighted by molar-refractivity contribution is 7.96. The lowest BCUT2D eigenvalue weighted by Crippen LogP contribution is -2.60. The van der Waals surface area contributed by atoms with Crippen molar-refractivity contribution < 1.29 is 60.3 Å². The minimum Gasteiger partial charge on any atom is -0.691 e. The first-order valence-electron chi connectivity index (χ1n) is 7.73. The van der Waals surface area contributed by atoms with Gasteiger partial charge in [-0.05, 0) is 29.7 Å². The Hall–Kier alpha value is -2.42. The highest BCUT2D eigenvalue weighted by atomic mass is 32.2. The standard InChI is InChI=1S/C16H12F6O7S/c17-15(18,19)14(16(20,21)22,30-29-28-25)13(24)27-7-6-26-10-4-5-11-9(8-10)2-1-3-12(11)23/h1-5,8,23,25H,6-7H2/p-1. The van der Waals surface area contributed by atoms with Crippen LogP contribution in [0.1, 0.15) is 0 Å². The molecule has 0 aliphatic carbocycles. The zero-order chi connectivity index (χ0) is 22.6. The smallest absolute Gasteiger partial charge is 0.425 e. The molecular weight excluding hydrogens is 450 g/mol. The Kier molecular flexibility index (Phi) is 7.28. The van der Waals surface area contributed by atoms with Gasteiger partial charge in [0.1, 0.15) is 24.7 Å². The van der Waals surface area contributed by atoms with Gasteiger partial charge in [0.05, 0.1) is 12.0 Å². The average molecular weight is 461 g/mol. The Morgan fingerprint density at radius 3 is 2.30 bits per heavy atom. The molecule has 0 saturated heterocycles. The van der Waals surface area contributed by atoms with Gasteiger partial charge in [-0.25, -0.2) is 4.79 Å². The van der Waals surface area contributed by atoms with Crippen LogP contribution in [-0.2, 0) is 18.9 Å². The lowest BCUT2D eigenvalue weighted by Gasteiger charge is -2.32. The van der Waals surface area contributed by atoms with E-state index >= 15 is 0 Å². The molecule has 0 unspecified atom stereocenters. The van der Waals surface area contributed by atoms with E-state index in [9.17, 15) is 41.5 Å². The van der Waals surface area contributed by atoms with Crippen molar-refractivity contribution in [1.82, 2.24) is 0 Å². The molecule has 166 valence electrons. The topological polar surface area (TPSA) is 97.3 Å². The highest BCUT2D eigenvalue weighted by Crippen LogP contribution is 2.53. The van der Waals surface area contributed by atoms with E-state index in [1.54, 1.807) is 12.1 Å². The Balaban J connectivity index is 2.06. The first kappa shape index (κ1) is 23.9. The summed E-state index contributed by atoms with van der Waals surface area (Å²) in [6, 6.07) is 8.91. The third kappa shape index (κ3) is 4.83. The number of alkyl halides is 6. The fraction of sp³-hybridized carbons (Fsp3) is 0.312. The van der Waals surface area contributed by atoms with Crippen LogP contribution in [0.25, 0.3) is 10.8 Å². The number of rotatable bonds is 8. The van der Waals surface area contributed by atoms with Crippen LogP contribution in [0, 0.1) is 0 Å². The third-order valence-electron chi connectivity index (χ3n) is 3.69. The summed E-state index contributed by atoms with van der Waals surface area (Å²) in [6.45, 7) is -1.57. The summed E-state index contributed by atoms with van der Waals surface area (Å²) in [6.07, 6.45) is -12.5. The number of ether oxygens (including phenoxy) is 2. The second-order valence-electron chi connectivity index (χ2n) is 5.54. The van der Waals surface area contributed by atoms with E-state index in [-0.39, 0.29) is 11.5 Å². The molecule has 0 saturated carbocycles. The molecule has 0 radical (unpaired) electrons. The van der Waals surface area contributed by atoms with Crippen LogP contribution in [0.3, 0.4) is 0 Å². The molecule has 2 aromatic rings. The number of phenolic OH excluding ortho intramolecular Hbond substituents is 1. The van der Waals surface area contributed by atoms with Crippen molar-refractivity contribution in [2.45, 2.75) is 17.1 Å². The molecule has 7 nitrogen and oxygen atoms in total. The van der Waals surface area contributed by atoms with Crippen LogP contribution in [0.4, 0.5) is 26.3 Å². The molecule has 0 aliphatic rings. The molecule has 30 heavy (non-hydrogen) atoms. The normalized spacial score (nSPS) is 12.8. The minimum atomic E-state index is -6.23. The maximum atomic E-state index is 13.1. The second-order valence-corrected chi connectivity index (χ2v) is 6.46. The van der Waals surface area contributed by atoms with Crippen molar-refractivity contribution in [3.05, 3.63) is 36.4 Å². The SMILES string of the molecule is O=C(OCCOc1ccc2c(O)cccc2c1)C(SOO[O-])(C(F)(F)F)C(F)(F)F. The number of carbonyl (C=O) groups excluding carboxylic acids is 1. The molecule has 14 heteroatoms. The fourth-order valence-electron chi connectivity index (χ4n) is 2.32. The molecule has 0 fully saturated rings. The largest absolute Gasteiger partial charge is 0.691 e. The average Bonchev–Trinajstić information content (AvgIpc) is 2.63. The summed E-state index contributed by atoms with van der Waals surface area (Å²) in [5.41, 5.74) is 0. The molecule has 0 spiro atoms. The van der Waals surface area contributed by atoms with E-state index < -0.39 is 48.3 Å². The van der Waals surface area contributed by atoms with Gasteiger partial charge < -0.3 is 19.8 Å². The summed E-state index contributed by atoms with van der Waals surface area (Å²) in [4.78, 5) is 11.7. The van der Waals surface area contributed by atoms with Gasteiger partial charge in [-0.2, -0.15) is 30.7 Å². The van der Waals surface area contributed by atoms with Crippen LogP contribution in [0.15, 0.2) is 36.4 Å². The Bertz CT molecular complexity index is 872.